The van der Waals surface area contributed by atoms with E-state index in [0.717, 1.165) is 35.6 Å². The van der Waals surface area contributed by atoms with Gasteiger partial charge in [0.05, 0.1) is 33.6 Å². The van der Waals surface area contributed by atoms with E-state index in [9.17, 15) is 21.6 Å². The van der Waals surface area contributed by atoms with Gasteiger partial charge in [0.25, 0.3) is 10.0 Å². The summed E-state index contributed by atoms with van der Waals surface area (Å²) in [5.74, 6) is 0.484. The molecule has 258 valence electrons. The molecule has 48 heavy (non-hydrogen) atoms. The lowest BCUT2D eigenvalue weighted by Crippen LogP contribution is -2.20. The molecule has 5 aromatic rings. The molecule has 0 radical (unpaired) electrons. The van der Waals surface area contributed by atoms with E-state index in [4.69, 9.17) is 9.63 Å². The van der Waals surface area contributed by atoms with Crippen LogP contribution < -0.4 is 10.6 Å². The van der Waals surface area contributed by atoms with Gasteiger partial charge >= 0.3 is 6.18 Å². The number of aryl methyl sites for hydroxylation is 2. The first-order valence-electron chi connectivity index (χ1n) is 15.5. The van der Waals surface area contributed by atoms with Crippen molar-refractivity contribution in [3.05, 3.63) is 71.9 Å². The number of hydrogen-bond acceptors (Lipinski definition) is 10. The van der Waals surface area contributed by atoms with Crippen molar-refractivity contribution < 1.29 is 31.2 Å². The summed E-state index contributed by atoms with van der Waals surface area (Å²) in [6.07, 6.45) is -0.794. The Labute approximate surface area is 277 Å². The van der Waals surface area contributed by atoms with E-state index in [-0.39, 0.29) is 39.6 Å². The summed E-state index contributed by atoms with van der Waals surface area (Å²) in [4.78, 5) is 12.8. The summed E-state index contributed by atoms with van der Waals surface area (Å²) in [5.41, 5.74) is -0.206. The molecule has 4 aromatic heterocycles. The van der Waals surface area contributed by atoms with Crippen LogP contribution in [0.5, 0.6) is 0 Å². The summed E-state index contributed by atoms with van der Waals surface area (Å²) in [6.45, 7) is 9.81. The van der Waals surface area contributed by atoms with Crippen LogP contribution in [-0.2, 0) is 16.2 Å². The van der Waals surface area contributed by atoms with E-state index >= 15 is 0 Å². The number of anilines is 1. The molecular formula is C33H40F3N7O4S. The summed E-state index contributed by atoms with van der Waals surface area (Å²) >= 11 is 0. The van der Waals surface area contributed by atoms with Crippen molar-refractivity contribution in [3.8, 4) is 22.5 Å². The van der Waals surface area contributed by atoms with Gasteiger partial charge in [0.2, 0.25) is 5.95 Å². The fourth-order valence-corrected chi connectivity index (χ4v) is 6.55. The first kappa shape index (κ1) is 36.5. The predicted octanol–water partition coefficient (Wildman–Crippen LogP) is 6.60. The first-order chi connectivity index (χ1) is 22.7. The molecule has 11 nitrogen and oxygen atoms in total. The van der Waals surface area contributed by atoms with Gasteiger partial charge < -0.3 is 20.3 Å². The van der Waals surface area contributed by atoms with E-state index in [0.29, 0.717) is 29.3 Å². The molecular weight excluding hydrogens is 647 g/mol. The van der Waals surface area contributed by atoms with Crippen LogP contribution in [0.4, 0.5) is 19.1 Å². The second kappa shape index (κ2) is 15.3. The topological polar surface area (TPSA) is 148 Å². The number of pyridine rings is 1. The van der Waals surface area contributed by atoms with E-state index in [2.05, 4.69) is 30.7 Å². The molecule has 0 fully saturated rings. The highest BCUT2D eigenvalue weighted by molar-refractivity contribution is 7.90. The van der Waals surface area contributed by atoms with Crippen molar-refractivity contribution in [2.75, 3.05) is 18.9 Å². The Balaban J connectivity index is 0.000000794. The lowest BCUT2D eigenvalue weighted by molar-refractivity contribution is -0.137. The fraction of sp³-hybridized carbons (Fsp3) is 0.394. The number of likely N-dealkylation sites (N-methyl/N-ethyl adjacent to an activating group) is 1. The number of benzene rings is 1. The Morgan fingerprint density at radius 3 is 2.31 bits per heavy atom. The summed E-state index contributed by atoms with van der Waals surface area (Å²) in [6, 6.07) is 10.7. The van der Waals surface area contributed by atoms with Crippen molar-refractivity contribution in [1.29, 1.82) is 0 Å². The minimum Gasteiger partial charge on any atom is -0.392 e. The lowest BCUT2D eigenvalue weighted by Gasteiger charge is -2.18. The number of alkyl halides is 3. The Kier molecular flexibility index (Phi) is 11.6. The quantitative estimate of drug-likeness (QED) is 0.139. The molecule has 4 heterocycles. The first-order valence-corrected chi connectivity index (χ1v) is 17.0. The van der Waals surface area contributed by atoms with Crippen molar-refractivity contribution in [1.82, 2.24) is 29.4 Å². The predicted molar refractivity (Wildman–Crippen MR) is 178 cm³/mol. The highest BCUT2D eigenvalue weighted by Crippen LogP contribution is 2.41. The number of nitrogens with one attached hydrogen (secondary N) is 2. The normalized spacial score (nSPS) is 13.2. The number of rotatable bonds is 11. The molecule has 0 aliphatic heterocycles. The third-order valence-electron chi connectivity index (χ3n) is 7.52. The average Bonchev–Trinajstić information content (AvgIpc) is 3.60. The number of nitrogens with zero attached hydrogens (tertiary/aromatic N) is 5. The summed E-state index contributed by atoms with van der Waals surface area (Å²) in [5, 5.41) is 18.5. The number of halogens is 3. The number of aliphatic hydroxyl groups excluding tert-OH is 1. The van der Waals surface area contributed by atoms with Gasteiger partial charge in [-0.25, -0.2) is 27.3 Å². The summed E-state index contributed by atoms with van der Waals surface area (Å²) in [7, 11) is -2.46. The van der Waals surface area contributed by atoms with Crippen LogP contribution in [0.25, 0.3) is 33.5 Å². The van der Waals surface area contributed by atoms with Gasteiger partial charge in [-0.3, -0.25) is 0 Å². The third kappa shape index (κ3) is 8.02. The maximum absolute atomic E-state index is 14.3. The average molecular weight is 688 g/mol. The standard InChI is InChI=1S/C29H29F3N6O3S.C4H11NO/c1-5-10-19(6-2)34-28-33-15-23(29(30,31)32)26(36-28)22-16-38(42(39,40)20-11-8-7-9-12-20)27-21(22)13-14-24(35-27)25-17(3)37-41-18(25)4;1-4(6)3-5-2/h7-9,11-16,19H,5-6,10H2,1-4H3,(H,33,34,36);4-6H,3H2,1-2H3. The minimum atomic E-state index is -4.81. The molecule has 2 atom stereocenters. The molecule has 0 saturated heterocycles. The second-order valence-corrected chi connectivity index (χ2v) is 13.1. The number of aromatic nitrogens is 5. The van der Waals surface area contributed by atoms with Crippen LogP contribution in [0.2, 0.25) is 0 Å². The molecule has 0 spiro atoms. The zero-order valence-corrected chi connectivity index (χ0v) is 28.4. The van der Waals surface area contributed by atoms with E-state index in [1.807, 2.05) is 20.9 Å². The summed E-state index contributed by atoms with van der Waals surface area (Å²) < 4.78 is 76.8. The molecule has 1 aromatic carbocycles. The monoisotopic (exact) mass is 687 g/mol. The Bertz CT molecular complexity index is 1920. The molecule has 0 amide bonds. The molecule has 0 bridgehead atoms. The highest BCUT2D eigenvalue weighted by Gasteiger charge is 2.37. The SMILES string of the molecule is CCCC(CC)Nc1ncc(C(F)(F)F)c(-c2cn(S(=O)(=O)c3ccccc3)c3nc(-c4c(C)noc4C)ccc23)n1.CNCC(C)O. The van der Waals surface area contributed by atoms with Crippen molar-refractivity contribution in [2.24, 2.45) is 0 Å². The molecule has 15 heteroatoms. The number of hydrogen-bond donors (Lipinski definition) is 3. The Morgan fingerprint density at radius 2 is 1.77 bits per heavy atom. The number of aliphatic hydroxyl groups is 1. The van der Waals surface area contributed by atoms with Gasteiger partial charge in [-0.15, -0.1) is 0 Å². The van der Waals surface area contributed by atoms with E-state index in [1.165, 1.54) is 18.2 Å². The van der Waals surface area contributed by atoms with Crippen LogP contribution in [0.15, 0.2) is 64.3 Å². The van der Waals surface area contributed by atoms with Gasteiger partial charge in [0.15, 0.2) is 5.65 Å². The van der Waals surface area contributed by atoms with E-state index < -0.39 is 27.5 Å². The third-order valence-corrected chi connectivity index (χ3v) is 9.19. The van der Waals surface area contributed by atoms with Crippen LogP contribution in [-0.4, -0.2) is 63.3 Å². The van der Waals surface area contributed by atoms with Gasteiger partial charge in [-0.2, -0.15) is 13.2 Å². The minimum absolute atomic E-state index is 0.0189. The fourth-order valence-electron chi connectivity index (χ4n) is 5.21. The van der Waals surface area contributed by atoms with E-state index in [1.54, 1.807) is 45.0 Å². The van der Waals surface area contributed by atoms with Crippen LogP contribution in [0.1, 0.15) is 57.1 Å². The molecule has 2 unspecified atom stereocenters. The smallest absolute Gasteiger partial charge is 0.392 e. The van der Waals surface area contributed by atoms with Crippen molar-refractivity contribution >= 4 is 27.0 Å². The Morgan fingerprint density at radius 1 is 1.06 bits per heavy atom. The van der Waals surface area contributed by atoms with Gasteiger partial charge in [-0.05, 0) is 64.9 Å². The lowest BCUT2D eigenvalue weighted by atomic mass is 10.1. The van der Waals surface area contributed by atoms with Crippen LogP contribution in [0.3, 0.4) is 0 Å². The van der Waals surface area contributed by atoms with Crippen LogP contribution in [0, 0.1) is 13.8 Å². The molecule has 0 aliphatic rings. The zero-order valence-electron chi connectivity index (χ0n) is 27.6. The number of fused-ring (bicyclic) bond motifs is 1. The molecule has 0 aliphatic carbocycles. The van der Waals surface area contributed by atoms with Crippen molar-refractivity contribution in [3.63, 3.8) is 0 Å². The second-order valence-electron chi connectivity index (χ2n) is 11.3. The van der Waals surface area contributed by atoms with Gasteiger partial charge in [0.1, 0.15) is 11.3 Å². The highest BCUT2D eigenvalue weighted by atomic mass is 32.2. The zero-order chi connectivity index (χ0) is 35.2. The van der Waals surface area contributed by atoms with Gasteiger partial charge in [0, 0.05) is 35.9 Å². The Hall–Kier alpha value is -4.34. The molecule has 3 N–H and O–H groups in total. The largest absolute Gasteiger partial charge is 0.419 e. The van der Waals surface area contributed by atoms with Crippen molar-refractivity contribution in [2.45, 2.75) is 77.1 Å². The molecule has 0 saturated carbocycles. The maximum Gasteiger partial charge on any atom is 0.419 e. The maximum atomic E-state index is 14.3. The molecule has 5 rings (SSSR count). The van der Waals surface area contributed by atoms with Crippen LogP contribution >= 0.6 is 0 Å². The van der Waals surface area contributed by atoms with Gasteiger partial charge in [-0.1, -0.05) is 43.6 Å².